The van der Waals surface area contributed by atoms with Gasteiger partial charge < -0.3 is 24.4 Å². The van der Waals surface area contributed by atoms with Crippen LogP contribution in [0.25, 0.3) is 0 Å². The molecule has 0 heterocycles. The topological polar surface area (TPSA) is 77.1 Å². The molecule has 7 nitrogen and oxygen atoms in total. The van der Waals surface area contributed by atoms with Crippen LogP contribution in [-0.2, 0) is 16.0 Å². The van der Waals surface area contributed by atoms with Crippen LogP contribution in [0.15, 0.2) is 18.2 Å². The number of nitrogens with one attached hydrogen (secondary N) is 1. The molecule has 24 heavy (non-hydrogen) atoms. The standard InChI is InChI=1S/C17H26N2O5/c1-5-24-17(21)18-9-11-19(13(2)20)10-8-14-6-7-15(22-3)16(12-14)23-4/h6-7,12H,5,8-11H2,1-4H3,(H,18,21). The summed E-state index contributed by atoms with van der Waals surface area (Å²) in [5, 5.41) is 2.61. The van der Waals surface area contributed by atoms with Crippen molar-refractivity contribution < 1.29 is 23.8 Å². The molecule has 2 amide bonds. The van der Waals surface area contributed by atoms with Crippen molar-refractivity contribution in [2.45, 2.75) is 20.3 Å². The molecule has 0 aromatic heterocycles. The Kier molecular flexibility index (Phi) is 8.46. The Morgan fingerprint density at radius 3 is 2.42 bits per heavy atom. The zero-order chi connectivity index (χ0) is 17.9. The molecule has 0 bridgehead atoms. The maximum Gasteiger partial charge on any atom is 0.407 e. The lowest BCUT2D eigenvalue weighted by atomic mass is 10.1. The number of rotatable bonds is 9. The molecule has 134 valence electrons. The third-order valence-corrected chi connectivity index (χ3v) is 3.49. The summed E-state index contributed by atoms with van der Waals surface area (Å²) in [5.74, 6) is 1.29. The van der Waals surface area contributed by atoms with Gasteiger partial charge in [0.2, 0.25) is 5.91 Å². The Balaban J connectivity index is 2.54. The van der Waals surface area contributed by atoms with Gasteiger partial charge in [-0.25, -0.2) is 4.79 Å². The second kappa shape index (κ2) is 10.4. The van der Waals surface area contributed by atoms with Gasteiger partial charge in [-0.1, -0.05) is 6.07 Å². The van der Waals surface area contributed by atoms with Gasteiger partial charge in [0.15, 0.2) is 11.5 Å². The summed E-state index contributed by atoms with van der Waals surface area (Å²) in [6, 6.07) is 5.68. The maximum absolute atomic E-state index is 11.7. The molecule has 0 unspecified atom stereocenters. The molecular weight excluding hydrogens is 312 g/mol. The monoisotopic (exact) mass is 338 g/mol. The molecule has 0 radical (unpaired) electrons. The molecule has 1 N–H and O–H groups in total. The first-order valence-corrected chi connectivity index (χ1v) is 7.88. The fourth-order valence-electron chi connectivity index (χ4n) is 2.20. The summed E-state index contributed by atoms with van der Waals surface area (Å²) < 4.78 is 15.3. The fraction of sp³-hybridized carbons (Fsp3) is 0.529. The van der Waals surface area contributed by atoms with Crippen LogP contribution in [-0.4, -0.2) is 57.4 Å². The molecule has 0 fully saturated rings. The minimum Gasteiger partial charge on any atom is -0.493 e. The minimum absolute atomic E-state index is 0.0406. The van der Waals surface area contributed by atoms with E-state index < -0.39 is 6.09 Å². The number of carbonyl (C=O) groups is 2. The van der Waals surface area contributed by atoms with Crippen LogP contribution in [0.5, 0.6) is 11.5 Å². The van der Waals surface area contributed by atoms with Gasteiger partial charge in [-0.3, -0.25) is 4.79 Å². The van der Waals surface area contributed by atoms with Crippen molar-refractivity contribution in [3.63, 3.8) is 0 Å². The molecule has 0 spiro atoms. The van der Waals surface area contributed by atoms with E-state index in [2.05, 4.69) is 5.32 Å². The molecule has 0 saturated carbocycles. The highest BCUT2D eigenvalue weighted by molar-refractivity contribution is 5.73. The van der Waals surface area contributed by atoms with E-state index in [0.717, 1.165) is 5.56 Å². The molecule has 1 aromatic rings. The molecule has 0 saturated heterocycles. The SMILES string of the molecule is CCOC(=O)NCCN(CCc1ccc(OC)c(OC)c1)C(C)=O. The Morgan fingerprint density at radius 2 is 1.83 bits per heavy atom. The van der Waals surface area contributed by atoms with Crippen LogP contribution in [0.3, 0.4) is 0 Å². The van der Waals surface area contributed by atoms with Gasteiger partial charge >= 0.3 is 6.09 Å². The van der Waals surface area contributed by atoms with Gasteiger partial charge in [-0.15, -0.1) is 0 Å². The van der Waals surface area contributed by atoms with Crippen molar-refractivity contribution >= 4 is 12.0 Å². The van der Waals surface area contributed by atoms with Gasteiger partial charge in [0.1, 0.15) is 0 Å². The molecule has 0 aliphatic rings. The predicted octanol–water partition coefficient (Wildman–Crippen LogP) is 1.84. The molecule has 0 aliphatic carbocycles. The van der Waals surface area contributed by atoms with Gasteiger partial charge in [-0.05, 0) is 31.0 Å². The van der Waals surface area contributed by atoms with E-state index in [0.29, 0.717) is 44.2 Å². The van der Waals surface area contributed by atoms with Crippen molar-refractivity contribution in [1.29, 1.82) is 0 Å². The summed E-state index contributed by atoms with van der Waals surface area (Å²) in [4.78, 5) is 24.7. The highest BCUT2D eigenvalue weighted by atomic mass is 16.5. The Morgan fingerprint density at radius 1 is 1.12 bits per heavy atom. The number of hydrogen-bond donors (Lipinski definition) is 1. The Bertz CT molecular complexity index is 548. The lowest BCUT2D eigenvalue weighted by molar-refractivity contribution is -0.128. The smallest absolute Gasteiger partial charge is 0.407 e. The third kappa shape index (κ3) is 6.36. The lowest BCUT2D eigenvalue weighted by Crippen LogP contribution is -2.38. The van der Waals surface area contributed by atoms with Gasteiger partial charge in [-0.2, -0.15) is 0 Å². The third-order valence-electron chi connectivity index (χ3n) is 3.49. The predicted molar refractivity (Wildman–Crippen MR) is 90.5 cm³/mol. The van der Waals surface area contributed by atoms with Gasteiger partial charge in [0.25, 0.3) is 0 Å². The second-order valence-corrected chi connectivity index (χ2v) is 5.09. The van der Waals surface area contributed by atoms with Crippen molar-refractivity contribution in [2.24, 2.45) is 0 Å². The fourth-order valence-corrected chi connectivity index (χ4v) is 2.20. The van der Waals surface area contributed by atoms with Crippen molar-refractivity contribution in [2.75, 3.05) is 40.5 Å². The average Bonchev–Trinajstić information content (AvgIpc) is 2.57. The highest BCUT2D eigenvalue weighted by Crippen LogP contribution is 2.27. The normalized spacial score (nSPS) is 10.0. The quantitative estimate of drug-likeness (QED) is 0.743. The van der Waals surface area contributed by atoms with E-state index in [1.807, 2.05) is 18.2 Å². The van der Waals surface area contributed by atoms with E-state index in [1.165, 1.54) is 6.92 Å². The molecule has 0 atom stereocenters. The molecular formula is C17H26N2O5. The molecule has 0 aliphatic heterocycles. The van der Waals surface area contributed by atoms with Crippen LogP contribution in [0, 0.1) is 0 Å². The van der Waals surface area contributed by atoms with E-state index in [1.54, 1.807) is 26.0 Å². The van der Waals surface area contributed by atoms with E-state index in [4.69, 9.17) is 14.2 Å². The molecule has 1 aromatic carbocycles. The van der Waals surface area contributed by atoms with Crippen molar-refractivity contribution in [3.8, 4) is 11.5 Å². The number of alkyl carbamates (subject to hydrolysis) is 1. The zero-order valence-corrected chi connectivity index (χ0v) is 14.8. The van der Waals surface area contributed by atoms with E-state index in [9.17, 15) is 9.59 Å². The molecule has 7 heteroatoms. The minimum atomic E-state index is -0.471. The van der Waals surface area contributed by atoms with E-state index in [-0.39, 0.29) is 5.91 Å². The van der Waals surface area contributed by atoms with Crippen LogP contribution in [0.4, 0.5) is 4.79 Å². The Labute approximate surface area is 142 Å². The second-order valence-electron chi connectivity index (χ2n) is 5.09. The summed E-state index contributed by atoms with van der Waals surface area (Å²) in [5.41, 5.74) is 1.04. The summed E-state index contributed by atoms with van der Waals surface area (Å²) in [7, 11) is 3.18. The Hall–Kier alpha value is -2.44. The molecule has 1 rings (SSSR count). The number of hydrogen-bond acceptors (Lipinski definition) is 5. The highest BCUT2D eigenvalue weighted by Gasteiger charge is 2.11. The summed E-state index contributed by atoms with van der Waals surface area (Å²) in [6.07, 6.45) is 0.209. The van der Waals surface area contributed by atoms with Crippen LogP contribution in [0.1, 0.15) is 19.4 Å². The van der Waals surface area contributed by atoms with Gasteiger partial charge in [0, 0.05) is 26.6 Å². The van der Waals surface area contributed by atoms with Crippen LogP contribution in [0.2, 0.25) is 0 Å². The van der Waals surface area contributed by atoms with Crippen LogP contribution >= 0.6 is 0 Å². The van der Waals surface area contributed by atoms with Crippen molar-refractivity contribution in [1.82, 2.24) is 10.2 Å². The lowest BCUT2D eigenvalue weighted by Gasteiger charge is -2.21. The first-order chi connectivity index (χ1) is 11.5. The number of carbonyl (C=O) groups excluding carboxylic acids is 2. The van der Waals surface area contributed by atoms with E-state index >= 15 is 0 Å². The van der Waals surface area contributed by atoms with Gasteiger partial charge in [0.05, 0.1) is 20.8 Å². The first-order valence-electron chi connectivity index (χ1n) is 7.88. The zero-order valence-electron chi connectivity index (χ0n) is 14.8. The summed E-state index contributed by atoms with van der Waals surface area (Å²) >= 11 is 0. The number of benzene rings is 1. The maximum atomic E-state index is 11.7. The number of ether oxygens (including phenoxy) is 3. The summed E-state index contributed by atoms with van der Waals surface area (Å²) in [6.45, 7) is 4.91. The largest absolute Gasteiger partial charge is 0.493 e. The number of nitrogens with zero attached hydrogens (tertiary/aromatic N) is 1. The average molecular weight is 338 g/mol. The van der Waals surface area contributed by atoms with Crippen molar-refractivity contribution in [3.05, 3.63) is 23.8 Å². The number of methoxy groups -OCH3 is 2. The van der Waals surface area contributed by atoms with Crippen LogP contribution < -0.4 is 14.8 Å². The first kappa shape index (κ1) is 19.6. The number of amides is 2.